The molecule has 0 atom stereocenters. The topological polar surface area (TPSA) is 90.6 Å². The van der Waals surface area contributed by atoms with Crippen molar-refractivity contribution < 1.29 is 14.3 Å². The van der Waals surface area contributed by atoms with Gasteiger partial charge in [-0.2, -0.15) is 5.10 Å². The van der Waals surface area contributed by atoms with Gasteiger partial charge in [-0.15, -0.1) is 10.2 Å². The standard InChI is InChI=1S/C24H25N5O3/c1-6-18-21(16-9-12-19(31-4)20(13-16)32-5)23-27-26-22(15(3)29(23)28-18)24(30)25-17-10-7-14(2)8-11-17/h7-13H,6H2,1-5H3,(H,25,30). The van der Waals surface area contributed by atoms with Crippen molar-refractivity contribution in [1.82, 2.24) is 19.8 Å². The van der Waals surface area contributed by atoms with E-state index in [0.29, 0.717) is 34.9 Å². The smallest absolute Gasteiger partial charge is 0.278 e. The van der Waals surface area contributed by atoms with E-state index in [1.165, 1.54) is 0 Å². The van der Waals surface area contributed by atoms with Gasteiger partial charge >= 0.3 is 0 Å². The number of amides is 1. The Bertz CT molecular complexity index is 1300. The van der Waals surface area contributed by atoms with Crippen molar-refractivity contribution in [2.24, 2.45) is 0 Å². The summed E-state index contributed by atoms with van der Waals surface area (Å²) in [6, 6.07) is 13.3. The summed E-state index contributed by atoms with van der Waals surface area (Å²) in [5.74, 6) is 0.926. The van der Waals surface area contributed by atoms with E-state index in [1.807, 2.05) is 63.2 Å². The number of carbonyl (C=O) groups is 1. The highest BCUT2D eigenvalue weighted by Gasteiger charge is 2.22. The van der Waals surface area contributed by atoms with E-state index in [1.54, 1.807) is 18.7 Å². The highest BCUT2D eigenvalue weighted by Crippen LogP contribution is 2.35. The van der Waals surface area contributed by atoms with Gasteiger partial charge in [0.05, 0.1) is 31.2 Å². The molecule has 0 saturated carbocycles. The summed E-state index contributed by atoms with van der Waals surface area (Å²) in [6.07, 6.45) is 0.692. The maximum absolute atomic E-state index is 12.9. The molecule has 8 heteroatoms. The molecule has 0 aliphatic rings. The number of methoxy groups -OCH3 is 2. The first-order valence-corrected chi connectivity index (χ1v) is 10.3. The molecule has 2 aromatic carbocycles. The lowest BCUT2D eigenvalue weighted by Crippen LogP contribution is -2.18. The van der Waals surface area contributed by atoms with E-state index >= 15 is 0 Å². The van der Waals surface area contributed by atoms with Crippen LogP contribution in [0.3, 0.4) is 0 Å². The van der Waals surface area contributed by atoms with Gasteiger partial charge in [0, 0.05) is 5.69 Å². The number of fused-ring (bicyclic) bond motifs is 1. The first-order chi connectivity index (χ1) is 15.5. The van der Waals surface area contributed by atoms with Crippen molar-refractivity contribution in [3.8, 4) is 22.6 Å². The molecule has 0 aliphatic heterocycles. The van der Waals surface area contributed by atoms with Crippen molar-refractivity contribution in [3.63, 3.8) is 0 Å². The van der Waals surface area contributed by atoms with Gasteiger partial charge in [0.25, 0.3) is 5.91 Å². The van der Waals surface area contributed by atoms with Gasteiger partial charge in [-0.05, 0) is 50.1 Å². The molecule has 0 radical (unpaired) electrons. The molecule has 4 aromatic rings. The first-order valence-electron chi connectivity index (χ1n) is 10.3. The second kappa shape index (κ2) is 8.66. The van der Waals surface area contributed by atoms with Gasteiger partial charge in [0.15, 0.2) is 22.8 Å². The summed E-state index contributed by atoms with van der Waals surface area (Å²) in [7, 11) is 3.20. The Hall–Kier alpha value is -3.94. The molecule has 32 heavy (non-hydrogen) atoms. The van der Waals surface area contributed by atoms with E-state index in [9.17, 15) is 4.79 Å². The van der Waals surface area contributed by atoms with Crippen LogP contribution in [-0.2, 0) is 6.42 Å². The van der Waals surface area contributed by atoms with Gasteiger partial charge in [0.2, 0.25) is 0 Å². The fraction of sp³-hybridized carbons (Fsp3) is 0.250. The Morgan fingerprint density at radius 1 is 1.00 bits per heavy atom. The molecule has 8 nitrogen and oxygen atoms in total. The minimum atomic E-state index is -0.332. The molecule has 0 fully saturated rings. The van der Waals surface area contributed by atoms with Crippen LogP contribution in [0.1, 0.15) is 34.4 Å². The Morgan fingerprint density at radius 2 is 1.72 bits per heavy atom. The number of aromatic nitrogens is 4. The molecule has 164 valence electrons. The lowest BCUT2D eigenvalue weighted by atomic mass is 10.0. The third kappa shape index (κ3) is 3.75. The van der Waals surface area contributed by atoms with Gasteiger partial charge in [-0.3, -0.25) is 4.79 Å². The molecule has 1 N–H and O–H groups in total. The molecule has 0 unspecified atom stereocenters. The van der Waals surface area contributed by atoms with E-state index in [-0.39, 0.29) is 11.6 Å². The van der Waals surface area contributed by atoms with Crippen LogP contribution >= 0.6 is 0 Å². The average molecular weight is 431 g/mol. The quantitative estimate of drug-likeness (QED) is 0.491. The average Bonchev–Trinajstić information content (AvgIpc) is 3.20. The van der Waals surface area contributed by atoms with Crippen LogP contribution < -0.4 is 14.8 Å². The first kappa shape index (κ1) is 21.3. The van der Waals surface area contributed by atoms with Gasteiger partial charge in [-0.1, -0.05) is 30.7 Å². The predicted molar refractivity (Wildman–Crippen MR) is 123 cm³/mol. The van der Waals surface area contributed by atoms with E-state index in [0.717, 1.165) is 22.4 Å². The number of hydrogen-bond acceptors (Lipinski definition) is 6. The van der Waals surface area contributed by atoms with Crippen molar-refractivity contribution in [3.05, 3.63) is 65.1 Å². The summed E-state index contributed by atoms with van der Waals surface area (Å²) in [5.41, 5.74) is 5.83. The van der Waals surface area contributed by atoms with Gasteiger partial charge < -0.3 is 14.8 Å². The van der Waals surface area contributed by atoms with Crippen LogP contribution in [0.4, 0.5) is 5.69 Å². The van der Waals surface area contributed by atoms with Crippen molar-refractivity contribution in [2.75, 3.05) is 19.5 Å². The maximum Gasteiger partial charge on any atom is 0.278 e. The second-order valence-electron chi connectivity index (χ2n) is 7.43. The number of nitrogens with one attached hydrogen (secondary N) is 1. The molecule has 2 aromatic heterocycles. The molecule has 0 bridgehead atoms. The zero-order valence-corrected chi connectivity index (χ0v) is 18.8. The van der Waals surface area contributed by atoms with E-state index < -0.39 is 0 Å². The molecule has 0 saturated heterocycles. The third-order valence-corrected chi connectivity index (χ3v) is 5.37. The Balaban J connectivity index is 1.78. The summed E-state index contributed by atoms with van der Waals surface area (Å²) in [4.78, 5) is 12.9. The van der Waals surface area contributed by atoms with Crippen LogP contribution in [0.25, 0.3) is 16.8 Å². The molecule has 4 rings (SSSR count). The number of aryl methyl sites for hydroxylation is 3. The summed E-state index contributed by atoms with van der Waals surface area (Å²) < 4.78 is 12.5. The fourth-order valence-corrected chi connectivity index (χ4v) is 3.62. The Kier molecular flexibility index (Phi) is 5.77. The largest absolute Gasteiger partial charge is 0.493 e. The minimum Gasteiger partial charge on any atom is -0.493 e. The summed E-state index contributed by atoms with van der Waals surface area (Å²) in [5, 5.41) is 16.2. The number of anilines is 1. The number of nitrogens with zero attached hydrogens (tertiary/aromatic N) is 4. The van der Waals surface area contributed by atoms with Crippen LogP contribution in [0.15, 0.2) is 42.5 Å². The lowest BCUT2D eigenvalue weighted by Gasteiger charge is -2.10. The van der Waals surface area contributed by atoms with Crippen molar-refractivity contribution in [2.45, 2.75) is 27.2 Å². The van der Waals surface area contributed by atoms with Gasteiger partial charge in [0.1, 0.15) is 0 Å². The molecular weight excluding hydrogens is 406 g/mol. The molecule has 0 spiro atoms. The Labute approximate surface area is 186 Å². The van der Waals surface area contributed by atoms with E-state index in [4.69, 9.17) is 14.6 Å². The number of rotatable bonds is 6. The minimum absolute atomic E-state index is 0.224. The van der Waals surface area contributed by atoms with Crippen LogP contribution in [0, 0.1) is 13.8 Å². The maximum atomic E-state index is 12.9. The Morgan fingerprint density at radius 3 is 2.38 bits per heavy atom. The van der Waals surface area contributed by atoms with Crippen LogP contribution in [0.2, 0.25) is 0 Å². The molecule has 0 aliphatic carbocycles. The number of benzene rings is 2. The normalized spacial score (nSPS) is 10.9. The zero-order valence-electron chi connectivity index (χ0n) is 18.8. The van der Waals surface area contributed by atoms with Crippen molar-refractivity contribution >= 4 is 17.2 Å². The molecule has 2 heterocycles. The third-order valence-electron chi connectivity index (χ3n) is 5.37. The SMILES string of the molecule is CCc1nn2c(C)c(C(=O)Nc3ccc(C)cc3)nnc2c1-c1ccc(OC)c(OC)c1. The molecular formula is C24H25N5O3. The predicted octanol–water partition coefficient (Wildman–Crippen LogP) is 4.24. The van der Waals surface area contributed by atoms with Crippen LogP contribution in [0.5, 0.6) is 11.5 Å². The van der Waals surface area contributed by atoms with Gasteiger partial charge in [-0.25, -0.2) is 4.52 Å². The van der Waals surface area contributed by atoms with E-state index in [2.05, 4.69) is 15.5 Å². The lowest BCUT2D eigenvalue weighted by molar-refractivity contribution is 0.102. The zero-order chi connectivity index (χ0) is 22.8. The van der Waals surface area contributed by atoms with Crippen LogP contribution in [-0.4, -0.2) is 39.9 Å². The van der Waals surface area contributed by atoms with Crippen molar-refractivity contribution in [1.29, 1.82) is 0 Å². The summed E-state index contributed by atoms with van der Waals surface area (Å²) >= 11 is 0. The highest BCUT2D eigenvalue weighted by molar-refractivity contribution is 6.03. The highest BCUT2D eigenvalue weighted by atomic mass is 16.5. The number of ether oxygens (including phenoxy) is 2. The second-order valence-corrected chi connectivity index (χ2v) is 7.43. The summed E-state index contributed by atoms with van der Waals surface area (Å²) in [6.45, 7) is 5.84. The number of carbonyl (C=O) groups excluding carboxylic acids is 1. The number of hydrogen-bond donors (Lipinski definition) is 1. The monoisotopic (exact) mass is 431 g/mol. The fourth-order valence-electron chi connectivity index (χ4n) is 3.62. The molecule has 1 amide bonds.